The van der Waals surface area contributed by atoms with Crippen LogP contribution in [0, 0.1) is 17.1 Å². The summed E-state index contributed by atoms with van der Waals surface area (Å²) in [6.45, 7) is 3.68. The van der Waals surface area contributed by atoms with Crippen molar-refractivity contribution in [3.05, 3.63) is 77.1 Å². The predicted octanol–water partition coefficient (Wildman–Crippen LogP) is 5.42. The number of nitrogens with zero attached hydrogens (tertiary/aromatic N) is 8. The molecule has 9 nitrogen and oxygen atoms in total. The number of rotatable bonds is 7. The highest BCUT2D eigenvalue weighted by atomic mass is 32.1. The Morgan fingerprint density at radius 3 is 2.51 bits per heavy atom. The first-order valence-electron chi connectivity index (χ1n) is 13.5. The summed E-state index contributed by atoms with van der Waals surface area (Å²) in [5.74, 6) is 0.575. The van der Waals surface area contributed by atoms with Gasteiger partial charge in [-0.15, -0.1) is 0 Å². The summed E-state index contributed by atoms with van der Waals surface area (Å²) in [6, 6.07) is 12.1. The van der Waals surface area contributed by atoms with Crippen molar-refractivity contribution in [1.29, 1.82) is 5.26 Å². The van der Waals surface area contributed by atoms with Crippen molar-refractivity contribution in [2.45, 2.75) is 32.6 Å². The monoisotopic (exact) mass is 566 g/mol. The lowest BCUT2D eigenvalue weighted by molar-refractivity contribution is -0.129. The van der Waals surface area contributed by atoms with Gasteiger partial charge in [0.25, 0.3) is 0 Å². The van der Waals surface area contributed by atoms with Crippen molar-refractivity contribution < 1.29 is 9.18 Å². The summed E-state index contributed by atoms with van der Waals surface area (Å²) in [5, 5.41) is 10.4. The number of carbonyl (C=O) groups excluding carboxylic acids is 1. The van der Waals surface area contributed by atoms with E-state index in [2.05, 4.69) is 16.0 Å². The third kappa shape index (κ3) is 5.14. The number of pyridine rings is 1. The molecule has 11 heteroatoms. The van der Waals surface area contributed by atoms with E-state index in [1.807, 2.05) is 46.5 Å². The molecule has 1 aromatic carbocycles. The number of anilines is 2. The van der Waals surface area contributed by atoms with Crippen LogP contribution in [0.3, 0.4) is 0 Å². The number of thiazole rings is 1. The second-order valence-corrected chi connectivity index (χ2v) is 10.9. The van der Waals surface area contributed by atoms with Crippen LogP contribution in [0.2, 0.25) is 0 Å². The Labute approximate surface area is 240 Å². The van der Waals surface area contributed by atoms with Gasteiger partial charge in [-0.2, -0.15) is 5.26 Å². The van der Waals surface area contributed by atoms with E-state index >= 15 is 0 Å². The zero-order valence-corrected chi connectivity index (χ0v) is 23.5. The number of aromatic nitrogens is 5. The molecule has 1 amide bonds. The van der Waals surface area contributed by atoms with Crippen LogP contribution in [-0.2, 0) is 17.6 Å². The molecule has 6 rings (SSSR count). The third-order valence-corrected chi connectivity index (χ3v) is 8.27. The zero-order valence-electron chi connectivity index (χ0n) is 22.7. The van der Waals surface area contributed by atoms with Gasteiger partial charge in [0.15, 0.2) is 5.13 Å². The standard InChI is InChI=1S/C30H27FN8OS/c1-3-23-29(37(2)30-36-28(25(15-32)41-30)19-6-9-21(31)10-7-19)39-18-20(8-11-26(39)35-23)24-17-33-22(16-34-24)14-27(40)38-12-4-5-13-38/h6-11,16-18H,3-5,12-14H2,1-2H3. The average Bonchev–Trinajstić information content (AvgIpc) is 3.76. The number of amides is 1. The van der Waals surface area contributed by atoms with Crippen LogP contribution in [0.1, 0.15) is 36.0 Å². The van der Waals surface area contributed by atoms with E-state index in [0.29, 0.717) is 39.1 Å². The molecule has 0 spiro atoms. The molecule has 0 saturated carbocycles. The number of fused-ring (bicyclic) bond motifs is 1. The van der Waals surface area contributed by atoms with Gasteiger partial charge in [0.05, 0.1) is 29.7 Å². The molecule has 0 aliphatic carbocycles. The highest BCUT2D eigenvalue weighted by molar-refractivity contribution is 7.16. The molecule has 0 atom stereocenters. The molecular weight excluding hydrogens is 539 g/mol. The minimum Gasteiger partial charge on any atom is -0.342 e. The molecular formula is C30H27FN8OS. The van der Waals surface area contributed by atoms with E-state index in [1.165, 1.54) is 23.5 Å². The molecule has 4 aromatic heterocycles. The second-order valence-electron chi connectivity index (χ2n) is 9.89. The van der Waals surface area contributed by atoms with E-state index < -0.39 is 0 Å². The number of imidazole rings is 1. The summed E-state index contributed by atoms with van der Waals surface area (Å²) in [5.41, 5.74) is 5.03. The second kappa shape index (κ2) is 11.1. The van der Waals surface area contributed by atoms with Crippen molar-refractivity contribution in [2.24, 2.45) is 0 Å². The number of likely N-dealkylation sites (tertiary alicyclic amines) is 1. The van der Waals surface area contributed by atoms with Gasteiger partial charge in [-0.25, -0.2) is 14.4 Å². The predicted molar refractivity (Wildman–Crippen MR) is 155 cm³/mol. The lowest BCUT2D eigenvalue weighted by atomic mass is 10.1. The van der Waals surface area contributed by atoms with Crippen molar-refractivity contribution in [2.75, 3.05) is 25.0 Å². The van der Waals surface area contributed by atoms with Gasteiger partial charge >= 0.3 is 0 Å². The number of aryl methyl sites for hydroxylation is 1. The third-order valence-electron chi connectivity index (χ3n) is 7.23. The summed E-state index contributed by atoms with van der Waals surface area (Å²) in [7, 11) is 1.90. The fraction of sp³-hybridized carbons (Fsp3) is 0.267. The number of carbonyl (C=O) groups is 1. The number of hydrogen-bond acceptors (Lipinski definition) is 8. The van der Waals surface area contributed by atoms with E-state index in [4.69, 9.17) is 9.97 Å². The fourth-order valence-corrected chi connectivity index (χ4v) is 5.92. The maximum absolute atomic E-state index is 13.5. The first-order chi connectivity index (χ1) is 19.9. The Morgan fingerprint density at radius 1 is 1.07 bits per heavy atom. The molecule has 0 bridgehead atoms. The normalized spacial score (nSPS) is 13.1. The fourth-order valence-electron chi connectivity index (χ4n) is 5.08. The summed E-state index contributed by atoms with van der Waals surface area (Å²) >= 11 is 1.27. The van der Waals surface area contributed by atoms with Crippen LogP contribution in [-0.4, -0.2) is 55.3 Å². The van der Waals surface area contributed by atoms with Gasteiger partial charge in [0, 0.05) is 43.7 Å². The van der Waals surface area contributed by atoms with Gasteiger partial charge < -0.3 is 9.80 Å². The molecule has 0 unspecified atom stereocenters. The Bertz CT molecular complexity index is 1770. The van der Waals surface area contributed by atoms with Gasteiger partial charge in [-0.05, 0) is 55.7 Å². The maximum atomic E-state index is 13.5. The maximum Gasteiger partial charge on any atom is 0.228 e. The van der Waals surface area contributed by atoms with E-state index in [9.17, 15) is 14.4 Å². The molecule has 1 saturated heterocycles. The molecule has 1 aliphatic heterocycles. The van der Waals surface area contributed by atoms with Crippen LogP contribution in [0.25, 0.3) is 28.2 Å². The highest BCUT2D eigenvalue weighted by Crippen LogP contribution is 2.37. The minimum atomic E-state index is -0.344. The van der Waals surface area contributed by atoms with Crippen LogP contribution in [0.4, 0.5) is 15.3 Å². The van der Waals surface area contributed by atoms with Crippen LogP contribution in [0.5, 0.6) is 0 Å². The minimum absolute atomic E-state index is 0.0912. The average molecular weight is 567 g/mol. The van der Waals surface area contributed by atoms with E-state index in [0.717, 1.165) is 48.7 Å². The topological polar surface area (TPSA) is 103 Å². The van der Waals surface area contributed by atoms with E-state index in [-0.39, 0.29) is 18.1 Å². The smallest absolute Gasteiger partial charge is 0.228 e. The first-order valence-corrected chi connectivity index (χ1v) is 14.3. The summed E-state index contributed by atoms with van der Waals surface area (Å²) in [6.07, 6.45) is 8.39. The summed E-state index contributed by atoms with van der Waals surface area (Å²) in [4.78, 5) is 35.5. The van der Waals surface area contributed by atoms with Crippen molar-refractivity contribution in [1.82, 2.24) is 29.2 Å². The SMILES string of the molecule is CCc1nc2ccc(-c3cnc(CC(=O)N4CCCC4)cn3)cn2c1N(C)c1nc(-c2ccc(F)cc2)c(C#N)s1. The molecule has 0 N–H and O–H groups in total. The molecule has 5 heterocycles. The molecule has 206 valence electrons. The largest absolute Gasteiger partial charge is 0.342 e. The van der Waals surface area contributed by atoms with Crippen LogP contribution in [0.15, 0.2) is 55.0 Å². The number of halogens is 1. The number of hydrogen-bond donors (Lipinski definition) is 0. The molecule has 5 aromatic rings. The van der Waals surface area contributed by atoms with Crippen LogP contribution < -0.4 is 4.90 Å². The Kier molecular flexibility index (Phi) is 7.15. The number of nitriles is 1. The van der Waals surface area contributed by atoms with Gasteiger partial charge in [-0.1, -0.05) is 18.3 Å². The lowest BCUT2D eigenvalue weighted by Gasteiger charge is -2.17. The quantitative estimate of drug-likeness (QED) is 0.259. The zero-order chi connectivity index (χ0) is 28.5. The molecule has 0 radical (unpaired) electrons. The highest BCUT2D eigenvalue weighted by Gasteiger charge is 2.23. The van der Waals surface area contributed by atoms with Crippen molar-refractivity contribution in [3.8, 4) is 28.6 Å². The Morgan fingerprint density at radius 2 is 1.83 bits per heavy atom. The first kappa shape index (κ1) is 26.5. The summed E-state index contributed by atoms with van der Waals surface area (Å²) < 4.78 is 15.5. The van der Waals surface area contributed by atoms with Gasteiger partial charge in [-0.3, -0.25) is 19.2 Å². The van der Waals surface area contributed by atoms with E-state index in [1.54, 1.807) is 24.5 Å². The molecule has 41 heavy (non-hydrogen) atoms. The van der Waals surface area contributed by atoms with Crippen molar-refractivity contribution >= 4 is 33.8 Å². The Balaban J connectivity index is 1.32. The van der Waals surface area contributed by atoms with Crippen LogP contribution >= 0.6 is 11.3 Å². The lowest BCUT2D eigenvalue weighted by Crippen LogP contribution is -2.29. The van der Waals surface area contributed by atoms with Gasteiger partial charge in [0.2, 0.25) is 5.91 Å². The molecule has 1 fully saturated rings. The van der Waals surface area contributed by atoms with Gasteiger partial charge in [0.1, 0.15) is 33.9 Å². The number of benzene rings is 1. The molecule has 1 aliphatic rings. The van der Waals surface area contributed by atoms with Crippen molar-refractivity contribution in [3.63, 3.8) is 0 Å². The Hall–Kier alpha value is -4.69.